The van der Waals surface area contributed by atoms with Crippen molar-refractivity contribution in [1.29, 1.82) is 0 Å². The quantitative estimate of drug-likeness (QED) is 0.658. The second-order valence-corrected chi connectivity index (χ2v) is 5.83. The minimum absolute atomic E-state index is 0.234. The highest BCUT2D eigenvalue weighted by molar-refractivity contribution is 5.68. The maximum atomic E-state index is 12.8. The first-order chi connectivity index (χ1) is 12.5. The lowest BCUT2D eigenvalue weighted by atomic mass is 9.97. The molecule has 0 aliphatic carbocycles. The van der Waals surface area contributed by atoms with Crippen LogP contribution in [0, 0.1) is 0 Å². The fraction of sp³-hybridized carbons (Fsp3) is 0.143. The van der Waals surface area contributed by atoms with Crippen LogP contribution in [-0.4, -0.2) is 5.11 Å². The molecule has 0 aliphatic heterocycles. The van der Waals surface area contributed by atoms with E-state index in [0.29, 0.717) is 17.9 Å². The highest BCUT2D eigenvalue weighted by Crippen LogP contribution is 2.34. The highest BCUT2D eigenvalue weighted by Gasteiger charge is 2.30. The lowest BCUT2D eigenvalue weighted by Crippen LogP contribution is -2.06. The SMILES string of the molecule is OCc1cc(C(F)(F)F)ccc1-c1ccc(OCc2ccccc2)cc1. The summed E-state index contributed by atoms with van der Waals surface area (Å²) < 4.78 is 44.2. The van der Waals surface area contributed by atoms with Gasteiger partial charge in [-0.15, -0.1) is 0 Å². The molecule has 0 spiro atoms. The van der Waals surface area contributed by atoms with Crippen molar-refractivity contribution in [2.45, 2.75) is 19.4 Å². The molecule has 0 radical (unpaired) electrons. The lowest BCUT2D eigenvalue weighted by Gasteiger charge is -2.13. The minimum atomic E-state index is -4.43. The summed E-state index contributed by atoms with van der Waals surface area (Å²) in [5.41, 5.74) is 1.79. The third kappa shape index (κ3) is 4.24. The van der Waals surface area contributed by atoms with Gasteiger partial charge in [0.05, 0.1) is 12.2 Å². The molecule has 26 heavy (non-hydrogen) atoms. The van der Waals surface area contributed by atoms with Crippen LogP contribution in [0.1, 0.15) is 16.7 Å². The predicted molar refractivity (Wildman–Crippen MR) is 93.6 cm³/mol. The van der Waals surface area contributed by atoms with Crippen molar-refractivity contribution in [2.75, 3.05) is 0 Å². The van der Waals surface area contributed by atoms with Gasteiger partial charge in [0.25, 0.3) is 0 Å². The number of rotatable bonds is 5. The van der Waals surface area contributed by atoms with Crippen molar-refractivity contribution in [3.63, 3.8) is 0 Å². The Morgan fingerprint density at radius 3 is 2.15 bits per heavy atom. The number of hydrogen-bond donors (Lipinski definition) is 1. The number of alkyl halides is 3. The molecule has 0 fully saturated rings. The van der Waals surface area contributed by atoms with Gasteiger partial charge in [0.1, 0.15) is 12.4 Å². The minimum Gasteiger partial charge on any atom is -0.489 e. The molecule has 0 saturated heterocycles. The zero-order chi connectivity index (χ0) is 18.6. The predicted octanol–water partition coefficient (Wildman–Crippen LogP) is 5.44. The monoisotopic (exact) mass is 358 g/mol. The van der Waals surface area contributed by atoms with Crippen molar-refractivity contribution in [2.24, 2.45) is 0 Å². The van der Waals surface area contributed by atoms with Gasteiger partial charge in [0, 0.05) is 0 Å². The molecule has 0 atom stereocenters. The van der Waals surface area contributed by atoms with Crippen LogP contribution in [0.3, 0.4) is 0 Å². The van der Waals surface area contributed by atoms with Crippen LogP contribution in [-0.2, 0) is 19.4 Å². The third-order valence-corrected chi connectivity index (χ3v) is 4.02. The van der Waals surface area contributed by atoms with Crippen LogP contribution >= 0.6 is 0 Å². The Morgan fingerprint density at radius 2 is 1.54 bits per heavy atom. The maximum absolute atomic E-state index is 12.8. The zero-order valence-corrected chi connectivity index (χ0v) is 13.8. The van der Waals surface area contributed by atoms with Crippen LogP contribution < -0.4 is 4.74 Å². The van der Waals surface area contributed by atoms with Gasteiger partial charge in [-0.25, -0.2) is 0 Å². The molecule has 0 saturated carbocycles. The van der Waals surface area contributed by atoms with E-state index in [1.807, 2.05) is 30.3 Å². The highest BCUT2D eigenvalue weighted by atomic mass is 19.4. The van der Waals surface area contributed by atoms with E-state index in [4.69, 9.17) is 4.74 Å². The molecule has 0 unspecified atom stereocenters. The second-order valence-electron chi connectivity index (χ2n) is 5.83. The Bertz CT molecular complexity index is 857. The molecule has 3 aromatic rings. The molecule has 3 aromatic carbocycles. The Morgan fingerprint density at radius 1 is 0.846 bits per heavy atom. The number of aliphatic hydroxyl groups is 1. The molecule has 0 bridgehead atoms. The van der Waals surface area contributed by atoms with Crippen molar-refractivity contribution < 1.29 is 23.0 Å². The average Bonchev–Trinajstić information content (AvgIpc) is 2.66. The molecule has 0 aliphatic rings. The molecule has 0 amide bonds. The molecule has 134 valence electrons. The molecular weight excluding hydrogens is 341 g/mol. The summed E-state index contributed by atoms with van der Waals surface area (Å²) in [5, 5.41) is 9.44. The fourth-order valence-corrected chi connectivity index (χ4v) is 2.65. The summed E-state index contributed by atoms with van der Waals surface area (Å²) in [6.45, 7) is -0.0339. The summed E-state index contributed by atoms with van der Waals surface area (Å²) in [6, 6.07) is 20.2. The van der Waals surface area contributed by atoms with Gasteiger partial charge in [-0.05, 0) is 46.5 Å². The van der Waals surface area contributed by atoms with E-state index in [1.54, 1.807) is 24.3 Å². The van der Waals surface area contributed by atoms with Gasteiger partial charge >= 0.3 is 6.18 Å². The number of ether oxygens (including phenoxy) is 1. The summed E-state index contributed by atoms with van der Waals surface area (Å²) >= 11 is 0. The van der Waals surface area contributed by atoms with E-state index in [2.05, 4.69) is 0 Å². The van der Waals surface area contributed by atoms with E-state index in [1.165, 1.54) is 6.07 Å². The van der Waals surface area contributed by atoms with Gasteiger partial charge in [-0.2, -0.15) is 13.2 Å². The number of halogens is 3. The topological polar surface area (TPSA) is 29.5 Å². The number of aliphatic hydroxyl groups excluding tert-OH is 1. The largest absolute Gasteiger partial charge is 0.489 e. The van der Waals surface area contributed by atoms with Crippen molar-refractivity contribution in [1.82, 2.24) is 0 Å². The van der Waals surface area contributed by atoms with Gasteiger partial charge in [-0.3, -0.25) is 0 Å². The first-order valence-corrected chi connectivity index (χ1v) is 8.05. The van der Waals surface area contributed by atoms with Crippen molar-refractivity contribution in [3.05, 3.63) is 89.5 Å². The molecular formula is C21H17F3O2. The van der Waals surface area contributed by atoms with E-state index < -0.39 is 18.3 Å². The first-order valence-electron chi connectivity index (χ1n) is 8.05. The normalized spacial score (nSPS) is 11.4. The van der Waals surface area contributed by atoms with E-state index in [9.17, 15) is 18.3 Å². The van der Waals surface area contributed by atoms with Gasteiger partial charge in [-0.1, -0.05) is 48.5 Å². The Hall–Kier alpha value is -2.79. The molecule has 2 nitrogen and oxygen atoms in total. The summed E-state index contributed by atoms with van der Waals surface area (Å²) in [5.74, 6) is 0.662. The smallest absolute Gasteiger partial charge is 0.416 e. The molecule has 0 heterocycles. The number of hydrogen-bond acceptors (Lipinski definition) is 2. The Balaban J connectivity index is 1.78. The Labute approximate surface area is 149 Å². The second kappa shape index (κ2) is 7.62. The third-order valence-electron chi connectivity index (χ3n) is 4.02. The van der Waals surface area contributed by atoms with Crippen LogP contribution in [0.15, 0.2) is 72.8 Å². The number of benzene rings is 3. The first kappa shape index (κ1) is 18.0. The summed E-state index contributed by atoms with van der Waals surface area (Å²) in [4.78, 5) is 0. The standard InChI is InChI=1S/C21H17F3O2/c22-21(23,24)18-8-11-20(17(12-18)13-25)16-6-9-19(10-7-16)26-14-15-4-2-1-3-5-15/h1-12,25H,13-14H2. The molecule has 0 aromatic heterocycles. The molecule has 1 N–H and O–H groups in total. The van der Waals surface area contributed by atoms with Crippen LogP contribution in [0.4, 0.5) is 13.2 Å². The zero-order valence-electron chi connectivity index (χ0n) is 13.8. The average molecular weight is 358 g/mol. The summed E-state index contributed by atoms with van der Waals surface area (Å²) in [6.07, 6.45) is -4.43. The van der Waals surface area contributed by atoms with Gasteiger partial charge in [0.15, 0.2) is 0 Å². The van der Waals surface area contributed by atoms with Crippen LogP contribution in [0.25, 0.3) is 11.1 Å². The van der Waals surface area contributed by atoms with Gasteiger partial charge in [0.2, 0.25) is 0 Å². The lowest BCUT2D eigenvalue weighted by molar-refractivity contribution is -0.137. The molecule has 5 heteroatoms. The van der Waals surface area contributed by atoms with Crippen LogP contribution in [0.2, 0.25) is 0 Å². The maximum Gasteiger partial charge on any atom is 0.416 e. The Kier molecular flexibility index (Phi) is 5.28. The van der Waals surface area contributed by atoms with Crippen LogP contribution in [0.5, 0.6) is 5.75 Å². The van der Waals surface area contributed by atoms with Crippen molar-refractivity contribution >= 4 is 0 Å². The summed E-state index contributed by atoms with van der Waals surface area (Å²) in [7, 11) is 0. The van der Waals surface area contributed by atoms with Gasteiger partial charge < -0.3 is 9.84 Å². The van der Waals surface area contributed by atoms with Crippen molar-refractivity contribution in [3.8, 4) is 16.9 Å². The molecule has 3 rings (SSSR count). The van der Waals surface area contributed by atoms with E-state index in [0.717, 1.165) is 23.3 Å². The fourth-order valence-electron chi connectivity index (χ4n) is 2.65. The van der Waals surface area contributed by atoms with E-state index >= 15 is 0 Å². The van der Waals surface area contributed by atoms with E-state index in [-0.39, 0.29) is 5.56 Å².